The van der Waals surface area contributed by atoms with Gasteiger partial charge in [0.2, 0.25) is 0 Å². The van der Waals surface area contributed by atoms with Crippen LogP contribution in [0.2, 0.25) is 0 Å². The Hall–Kier alpha value is -3.47. The first-order chi connectivity index (χ1) is 15.9. The van der Waals surface area contributed by atoms with Crippen LogP contribution in [0.1, 0.15) is 48.5 Å². The standard InChI is InChI=1S/C22H26FN7O3/c1-24-19-10-18(27-17-3-2-6-29(22(17)33)14-7-12(23)8-14)28-20-16(11-25-30(19)20)21(32)26-13-4-5-15(31)9-13/h2-3,6,10-15,24,31H,4-5,7-9H2,1H3,(H,26,32)(H,27,28)/t12?,13-,14?,15-/m1/s1. The smallest absolute Gasteiger partial charge is 0.274 e. The van der Waals surface area contributed by atoms with Crippen LogP contribution in [0.25, 0.3) is 5.65 Å². The molecule has 2 aliphatic carbocycles. The zero-order valence-electron chi connectivity index (χ0n) is 18.2. The van der Waals surface area contributed by atoms with Crippen LogP contribution in [0.3, 0.4) is 0 Å². The molecule has 2 aliphatic rings. The van der Waals surface area contributed by atoms with Crippen molar-refractivity contribution in [1.29, 1.82) is 0 Å². The lowest BCUT2D eigenvalue weighted by atomic mass is 9.90. The molecule has 4 N–H and O–H groups in total. The molecular weight excluding hydrogens is 429 g/mol. The van der Waals surface area contributed by atoms with E-state index in [0.29, 0.717) is 54.2 Å². The maximum atomic E-state index is 13.3. The number of rotatable bonds is 6. The summed E-state index contributed by atoms with van der Waals surface area (Å²) in [5, 5.41) is 23.0. The van der Waals surface area contributed by atoms with E-state index in [-0.39, 0.29) is 23.6 Å². The predicted octanol–water partition coefficient (Wildman–Crippen LogP) is 1.99. The Balaban J connectivity index is 1.44. The Kier molecular flexibility index (Phi) is 5.49. The van der Waals surface area contributed by atoms with E-state index in [0.717, 1.165) is 6.42 Å². The molecule has 1 amide bonds. The van der Waals surface area contributed by atoms with Gasteiger partial charge in [0.1, 0.15) is 29.1 Å². The van der Waals surface area contributed by atoms with E-state index in [1.54, 1.807) is 36.0 Å². The first-order valence-electron chi connectivity index (χ1n) is 11.1. The summed E-state index contributed by atoms with van der Waals surface area (Å²) >= 11 is 0. The van der Waals surface area contributed by atoms with E-state index in [1.165, 1.54) is 10.7 Å². The van der Waals surface area contributed by atoms with E-state index < -0.39 is 12.3 Å². The number of hydrogen-bond acceptors (Lipinski definition) is 7. The Morgan fingerprint density at radius 2 is 2.09 bits per heavy atom. The van der Waals surface area contributed by atoms with Gasteiger partial charge in [0.15, 0.2) is 5.65 Å². The number of pyridine rings is 1. The van der Waals surface area contributed by atoms with Crippen molar-refractivity contribution in [1.82, 2.24) is 24.5 Å². The lowest BCUT2D eigenvalue weighted by molar-refractivity contribution is 0.0935. The van der Waals surface area contributed by atoms with Crippen molar-refractivity contribution < 1.29 is 14.3 Å². The highest BCUT2D eigenvalue weighted by Gasteiger charge is 2.31. The van der Waals surface area contributed by atoms with Gasteiger partial charge in [0.05, 0.1) is 12.3 Å². The molecule has 0 radical (unpaired) electrons. The number of hydrogen-bond donors (Lipinski definition) is 4. The average Bonchev–Trinajstić information content (AvgIpc) is 3.38. The molecule has 0 spiro atoms. The molecule has 174 valence electrons. The second kappa shape index (κ2) is 8.47. The lowest BCUT2D eigenvalue weighted by Crippen LogP contribution is -2.35. The zero-order chi connectivity index (χ0) is 23.1. The first-order valence-corrected chi connectivity index (χ1v) is 11.1. The third-order valence-corrected chi connectivity index (χ3v) is 6.40. The van der Waals surface area contributed by atoms with Gasteiger partial charge in [-0.1, -0.05) is 0 Å². The average molecular weight is 455 g/mol. The molecule has 33 heavy (non-hydrogen) atoms. The fourth-order valence-corrected chi connectivity index (χ4v) is 4.50. The van der Waals surface area contributed by atoms with Crippen molar-refractivity contribution in [2.45, 2.75) is 56.5 Å². The molecule has 11 heteroatoms. The largest absolute Gasteiger partial charge is 0.393 e. The fourth-order valence-electron chi connectivity index (χ4n) is 4.50. The molecule has 0 saturated heterocycles. The summed E-state index contributed by atoms with van der Waals surface area (Å²) in [6, 6.07) is 4.83. The minimum atomic E-state index is -0.861. The highest BCUT2D eigenvalue weighted by atomic mass is 19.1. The summed E-state index contributed by atoms with van der Waals surface area (Å²) in [6.45, 7) is 0. The van der Waals surface area contributed by atoms with Crippen LogP contribution >= 0.6 is 0 Å². The zero-order valence-corrected chi connectivity index (χ0v) is 18.2. The van der Waals surface area contributed by atoms with Gasteiger partial charge in [-0.05, 0) is 44.2 Å². The number of fused-ring (bicyclic) bond motifs is 1. The van der Waals surface area contributed by atoms with Crippen LogP contribution in [0.5, 0.6) is 0 Å². The van der Waals surface area contributed by atoms with E-state index in [1.807, 2.05) is 0 Å². The molecule has 5 rings (SSSR count). The summed E-state index contributed by atoms with van der Waals surface area (Å²) in [6.07, 6.45) is 4.45. The minimum absolute atomic E-state index is 0.0919. The number of carbonyl (C=O) groups excluding carboxylic acids is 1. The van der Waals surface area contributed by atoms with Gasteiger partial charge in [-0.3, -0.25) is 9.59 Å². The van der Waals surface area contributed by atoms with Crippen LogP contribution in [0, 0.1) is 0 Å². The summed E-state index contributed by atoms with van der Waals surface area (Å²) < 4.78 is 16.3. The maximum Gasteiger partial charge on any atom is 0.274 e. The molecule has 2 saturated carbocycles. The first kappa shape index (κ1) is 21.4. The lowest BCUT2D eigenvalue weighted by Gasteiger charge is -2.31. The summed E-state index contributed by atoms with van der Waals surface area (Å²) in [5.74, 6) is 0.626. The monoisotopic (exact) mass is 455 g/mol. The molecule has 3 aromatic rings. The van der Waals surface area contributed by atoms with Crippen LogP contribution in [-0.4, -0.2) is 55.5 Å². The van der Waals surface area contributed by atoms with Gasteiger partial charge >= 0.3 is 0 Å². The number of aromatic nitrogens is 4. The van der Waals surface area contributed by atoms with Crippen LogP contribution in [-0.2, 0) is 0 Å². The molecule has 2 atom stereocenters. The molecule has 3 heterocycles. The Morgan fingerprint density at radius 1 is 1.27 bits per heavy atom. The second-order valence-electron chi connectivity index (χ2n) is 8.69. The van der Waals surface area contributed by atoms with Gasteiger partial charge < -0.3 is 25.6 Å². The van der Waals surface area contributed by atoms with Gasteiger partial charge in [-0.2, -0.15) is 9.61 Å². The van der Waals surface area contributed by atoms with E-state index in [4.69, 9.17) is 0 Å². The molecule has 0 aromatic carbocycles. The second-order valence-corrected chi connectivity index (χ2v) is 8.69. The highest BCUT2D eigenvalue weighted by molar-refractivity contribution is 6.00. The molecular formula is C22H26FN7O3. The quantitative estimate of drug-likeness (QED) is 0.448. The minimum Gasteiger partial charge on any atom is -0.393 e. The maximum absolute atomic E-state index is 13.3. The third-order valence-electron chi connectivity index (χ3n) is 6.40. The SMILES string of the molecule is CNc1cc(Nc2cccn(C3CC(F)C3)c2=O)nc2c(C(=O)N[C@@H]3CC[C@@H](O)C3)cnn12. The Morgan fingerprint density at radius 3 is 2.79 bits per heavy atom. The summed E-state index contributed by atoms with van der Waals surface area (Å²) in [7, 11) is 1.72. The number of aliphatic hydroxyl groups excluding tert-OH is 1. The number of amides is 1. The van der Waals surface area contributed by atoms with Gasteiger partial charge in [-0.25, -0.2) is 9.37 Å². The summed E-state index contributed by atoms with van der Waals surface area (Å²) in [5.41, 5.74) is 0.680. The number of alkyl halides is 1. The normalized spacial score (nSPS) is 24.5. The number of carbonyl (C=O) groups is 1. The fraction of sp³-hybridized carbons (Fsp3) is 0.455. The van der Waals surface area contributed by atoms with Crippen LogP contribution in [0.15, 0.2) is 35.4 Å². The van der Waals surface area contributed by atoms with E-state index >= 15 is 0 Å². The van der Waals surface area contributed by atoms with E-state index in [2.05, 4.69) is 26.0 Å². The number of aliphatic hydroxyl groups is 1. The topological polar surface area (TPSA) is 126 Å². The van der Waals surface area contributed by atoms with E-state index in [9.17, 15) is 19.1 Å². The number of nitrogens with one attached hydrogen (secondary N) is 3. The third kappa shape index (κ3) is 4.04. The Bertz CT molecular complexity index is 1250. The molecule has 10 nitrogen and oxygen atoms in total. The molecule has 0 bridgehead atoms. The summed E-state index contributed by atoms with van der Waals surface area (Å²) in [4.78, 5) is 30.3. The number of halogens is 1. The predicted molar refractivity (Wildman–Crippen MR) is 121 cm³/mol. The molecule has 0 aliphatic heterocycles. The van der Waals surface area contributed by atoms with Crippen molar-refractivity contribution >= 4 is 28.9 Å². The van der Waals surface area contributed by atoms with Gasteiger partial charge in [0, 0.05) is 31.4 Å². The van der Waals surface area contributed by atoms with Crippen molar-refractivity contribution in [3.8, 4) is 0 Å². The van der Waals surface area contributed by atoms with Crippen molar-refractivity contribution in [2.75, 3.05) is 17.7 Å². The molecule has 0 unspecified atom stereocenters. The molecule has 2 fully saturated rings. The van der Waals surface area contributed by atoms with Gasteiger partial charge in [-0.15, -0.1) is 0 Å². The van der Waals surface area contributed by atoms with Crippen molar-refractivity contribution in [2.24, 2.45) is 0 Å². The van der Waals surface area contributed by atoms with Crippen molar-refractivity contribution in [3.05, 3.63) is 46.5 Å². The number of anilines is 3. The Labute approximate surface area is 188 Å². The number of nitrogens with zero attached hydrogens (tertiary/aromatic N) is 4. The van der Waals surface area contributed by atoms with Crippen molar-refractivity contribution in [3.63, 3.8) is 0 Å². The van der Waals surface area contributed by atoms with Crippen LogP contribution < -0.4 is 21.5 Å². The van der Waals surface area contributed by atoms with Gasteiger partial charge in [0.25, 0.3) is 11.5 Å². The van der Waals surface area contributed by atoms with Crippen LogP contribution in [0.4, 0.5) is 21.7 Å². The molecule has 3 aromatic heterocycles. The highest BCUT2D eigenvalue weighted by Crippen LogP contribution is 2.33.